The Bertz CT molecular complexity index is 820. The maximum Gasteiger partial charge on any atom is 0.309 e. The maximum absolute atomic E-state index is 11.8. The maximum atomic E-state index is 11.8. The second kappa shape index (κ2) is 8.93. The molecular formula is C20H21NO6. The number of carbonyl (C=O) groups is 2. The van der Waals surface area contributed by atoms with E-state index in [2.05, 4.69) is 5.32 Å². The van der Waals surface area contributed by atoms with Gasteiger partial charge in [-0.2, -0.15) is 0 Å². The van der Waals surface area contributed by atoms with Crippen LogP contribution in [-0.4, -0.2) is 31.9 Å². The topological polar surface area (TPSA) is 83.1 Å². The van der Waals surface area contributed by atoms with Crippen molar-refractivity contribution in [3.63, 3.8) is 0 Å². The van der Waals surface area contributed by atoms with Crippen molar-refractivity contribution < 1.29 is 28.5 Å². The molecule has 3 rings (SSSR count). The normalized spacial score (nSPS) is 11.7. The van der Waals surface area contributed by atoms with Crippen molar-refractivity contribution in [2.24, 2.45) is 0 Å². The van der Waals surface area contributed by atoms with E-state index in [1.807, 2.05) is 37.3 Å². The molecule has 7 heteroatoms. The van der Waals surface area contributed by atoms with Gasteiger partial charge in [0.15, 0.2) is 18.1 Å². The molecule has 1 amide bonds. The predicted octanol–water partition coefficient (Wildman–Crippen LogP) is 2.35. The number of ether oxygens (including phenoxy) is 4. The number of nitrogens with one attached hydrogen (secondary N) is 1. The summed E-state index contributed by atoms with van der Waals surface area (Å²) < 4.78 is 21.0. The van der Waals surface area contributed by atoms with Gasteiger partial charge in [-0.3, -0.25) is 9.59 Å². The molecule has 0 aromatic heterocycles. The van der Waals surface area contributed by atoms with Gasteiger partial charge in [0.25, 0.3) is 5.91 Å². The van der Waals surface area contributed by atoms with Gasteiger partial charge in [-0.25, -0.2) is 0 Å². The zero-order valence-electron chi connectivity index (χ0n) is 15.0. The van der Waals surface area contributed by atoms with Gasteiger partial charge in [0.05, 0.1) is 13.0 Å². The average Bonchev–Trinajstić information content (AvgIpc) is 3.14. The van der Waals surface area contributed by atoms with Gasteiger partial charge in [0, 0.05) is 6.54 Å². The van der Waals surface area contributed by atoms with Gasteiger partial charge in [0.2, 0.25) is 6.79 Å². The van der Waals surface area contributed by atoms with Crippen LogP contribution in [0.4, 0.5) is 0 Å². The number of hydrogen-bond acceptors (Lipinski definition) is 6. The molecule has 1 heterocycles. The Balaban J connectivity index is 1.32. The van der Waals surface area contributed by atoms with E-state index in [4.69, 9.17) is 18.9 Å². The number of para-hydroxylation sites is 1. The van der Waals surface area contributed by atoms with Crippen LogP contribution in [0.2, 0.25) is 0 Å². The van der Waals surface area contributed by atoms with Crippen LogP contribution in [-0.2, 0) is 20.9 Å². The van der Waals surface area contributed by atoms with Crippen molar-refractivity contribution >= 4 is 11.9 Å². The first-order valence-electron chi connectivity index (χ1n) is 8.61. The van der Waals surface area contributed by atoms with Crippen molar-refractivity contribution in [1.29, 1.82) is 0 Å². The minimum absolute atomic E-state index is 0.0732. The van der Waals surface area contributed by atoms with Crippen LogP contribution in [0.1, 0.15) is 17.5 Å². The fourth-order valence-electron chi connectivity index (χ4n) is 2.48. The quantitative estimate of drug-likeness (QED) is 0.717. The number of fused-ring (bicyclic) bond motifs is 1. The Morgan fingerprint density at radius 3 is 2.78 bits per heavy atom. The highest BCUT2D eigenvalue weighted by Crippen LogP contribution is 2.32. The lowest BCUT2D eigenvalue weighted by molar-refractivity contribution is -0.149. The number of rotatable bonds is 8. The van der Waals surface area contributed by atoms with E-state index in [-0.39, 0.29) is 32.3 Å². The molecule has 27 heavy (non-hydrogen) atoms. The summed E-state index contributed by atoms with van der Waals surface area (Å²) in [5.74, 6) is 1.21. The van der Waals surface area contributed by atoms with Gasteiger partial charge in [0.1, 0.15) is 5.75 Å². The molecule has 0 unspecified atom stereocenters. The summed E-state index contributed by atoms with van der Waals surface area (Å²) in [6.07, 6.45) is 0.0732. The van der Waals surface area contributed by atoms with E-state index in [0.717, 1.165) is 16.9 Å². The molecule has 142 valence electrons. The molecule has 0 spiro atoms. The molecule has 1 aliphatic rings. The van der Waals surface area contributed by atoms with E-state index in [0.29, 0.717) is 18.0 Å². The summed E-state index contributed by atoms with van der Waals surface area (Å²) in [7, 11) is 0. The van der Waals surface area contributed by atoms with Gasteiger partial charge >= 0.3 is 5.97 Å². The summed E-state index contributed by atoms with van der Waals surface area (Å²) >= 11 is 0. The minimum Gasteiger partial charge on any atom is -0.493 e. The second-order valence-corrected chi connectivity index (χ2v) is 5.99. The molecule has 7 nitrogen and oxygen atoms in total. The van der Waals surface area contributed by atoms with Crippen LogP contribution in [0.5, 0.6) is 17.2 Å². The van der Waals surface area contributed by atoms with Crippen LogP contribution in [0.15, 0.2) is 42.5 Å². The number of hydrogen-bond donors (Lipinski definition) is 1. The Morgan fingerprint density at radius 1 is 1.11 bits per heavy atom. The van der Waals surface area contributed by atoms with Crippen LogP contribution in [0, 0.1) is 6.92 Å². The van der Waals surface area contributed by atoms with Crippen LogP contribution < -0.4 is 19.5 Å². The van der Waals surface area contributed by atoms with Crippen molar-refractivity contribution in [3.05, 3.63) is 53.6 Å². The highest BCUT2D eigenvalue weighted by atomic mass is 16.7. The smallest absolute Gasteiger partial charge is 0.309 e. The summed E-state index contributed by atoms with van der Waals surface area (Å²) in [6.45, 7) is 2.31. The summed E-state index contributed by atoms with van der Waals surface area (Å²) in [4.78, 5) is 23.5. The Hall–Kier alpha value is -3.22. The molecule has 0 saturated heterocycles. The lowest BCUT2D eigenvalue weighted by Gasteiger charge is -2.09. The fourth-order valence-corrected chi connectivity index (χ4v) is 2.48. The molecule has 0 radical (unpaired) electrons. The number of benzene rings is 2. The molecule has 1 N–H and O–H groups in total. The van der Waals surface area contributed by atoms with Crippen LogP contribution in [0.25, 0.3) is 0 Å². The third-order valence-electron chi connectivity index (χ3n) is 3.95. The predicted molar refractivity (Wildman–Crippen MR) is 96.7 cm³/mol. The second-order valence-electron chi connectivity index (χ2n) is 5.99. The Morgan fingerprint density at radius 2 is 1.93 bits per heavy atom. The monoisotopic (exact) mass is 371 g/mol. The molecule has 0 aliphatic carbocycles. The summed E-state index contributed by atoms with van der Waals surface area (Å²) in [6, 6.07) is 13.0. The largest absolute Gasteiger partial charge is 0.493 e. The third-order valence-corrected chi connectivity index (χ3v) is 3.95. The molecule has 1 aliphatic heterocycles. The average molecular weight is 371 g/mol. The van der Waals surface area contributed by atoms with Gasteiger partial charge in [-0.1, -0.05) is 24.3 Å². The number of aryl methyl sites for hydroxylation is 1. The number of esters is 1. The van der Waals surface area contributed by atoms with Crippen molar-refractivity contribution in [1.82, 2.24) is 5.32 Å². The fraction of sp³-hybridized carbons (Fsp3) is 0.300. The summed E-state index contributed by atoms with van der Waals surface area (Å²) in [5.41, 5.74) is 1.86. The minimum atomic E-state index is -0.484. The number of amides is 1. The molecule has 0 atom stereocenters. The van der Waals surface area contributed by atoms with E-state index in [1.54, 1.807) is 12.1 Å². The van der Waals surface area contributed by atoms with E-state index in [9.17, 15) is 9.59 Å². The molecule has 0 fully saturated rings. The molecule has 0 bridgehead atoms. The lowest BCUT2D eigenvalue weighted by atomic mass is 10.2. The molecular weight excluding hydrogens is 350 g/mol. The van der Waals surface area contributed by atoms with Crippen LogP contribution in [0.3, 0.4) is 0 Å². The standard InChI is InChI=1S/C20H21NO6/c1-14-4-2-3-5-16(14)24-9-8-20(23)25-12-19(22)21-11-15-6-7-17-18(10-15)27-13-26-17/h2-7,10H,8-9,11-13H2,1H3,(H,21,22). The first-order valence-corrected chi connectivity index (χ1v) is 8.61. The van der Waals surface area contributed by atoms with E-state index in [1.165, 1.54) is 0 Å². The molecule has 2 aromatic carbocycles. The van der Waals surface area contributed by atoms with Crippen molar-refractivity contribution in [2.75, 3.05) is 20.0 Å². The van der Waals surface area contributed by atoms with Gasteiger partial charge in [-0.05, 0) is 36.2 Å². The zero-order chi connectivity index (χ0) is 19.1. The highest BCUT2D eigenvalue weighted by Gasteiger charge is 2.14. The summed E-state index contributed by atoms with van der Waals surface area (Å²) in [5, 5.41) is 2.69. The third kappa shape index (κ3) is 5.37. The van der Waals surface area contributed by atoms with Crippen molar-refractivity contribution in [2.45, 2.75) is 19.9 Å². The lowest BCUT2D eigenvalue weighted by Crippen LogP contribution is -2.28. The first-order chi connectivity index (χ1) is 13.1. The highest BCUT2D eigenvalue weighted by molar-refractivity contribution is 5.80. The van der Waals surface area contributed by atoms with Crippen molar-refractivity contribution in [3.8, 4) is 17.2 Å². The Labute approximate surface area is 157 Å². The SMILES string of the molecule is Cc1ccccc1OCCC(=O)OCC(=O)NCc1ccc2c(c1)OCO2. The molecule has 2 aromatic rings. The van der Waals surface area contributed by atoms with Crippen LogP contribution >= 0.6 is 0 Å². The first kappa shape index (κ1) is 18.6. The van der Waals surface area contributed by atoms with E-state index >= 15 is 0 Å². The van der Waals surface area contributed by atoms with Gasteiger partial charge in [-0.15, -0.1) is 0 Å². The zero-order valence-corrected chi connectivity index (χ0v) is 15.0. The Kier molecular flexibility index (Phi) is 6.14. The van der Waals surface area contributed by atoms with E-state index < -0.39 is 5.97 Å². The molecule has 0 saturated carbocycles. The van der Waals surface area contributed by atoms with Gasteiger partial charge < -0.3 is 24.3 Å². The number of carbonyl (C=O) groups excluding carboxylic acids is 2.